The standard InChI is InChI=1S/C45H73NO16/c1-19-8-13-45(46-16-19)20(2)30-27(62-45)15-26-24-7-6-22-14-23(9-11-43(22,4)25(24)10-12-44(26,30)5)57-42-39(61-40-36(54)34(52)31(49)21(3)56-40)38(33(51)29(18-48)59-42)60-41-37(55)35(53)32(50)28(17-47)58-41/h6,19-21,23-42,46-55H,7-18H2,1-5H3/t19-,20+,21+,23+,24-,25+,26+,27+,28-,29-,30+,31+,32-,33+,34?,35+,36-,37-,38+,39-,40+,41+,42-,43+,44+,45-/m1/s1. The third-order valence-corrected chi connectivity index (χ3v) is 17.9. The van der Waals surface area contributed by atoms with Crippen LogP contribution < -0.4 is 5.32 Å². The Morgan fingerprint density at radius 1 is 0.694 bits per heavy atom. The van der Waals surface area contributed by atoms with Crippen molar-refractivity contribution in [2.75, 3.05) is 19.8 Å². The van der Waals surface area contributed by atoms with Gasteiger partial charge in [0, 0.05) is 12.5 Å². The van der Waals surface area contributed by atoms with Gasteiger partial charge in [0.2, 0.25) is 0 Å². The van der Waals surface area contributed by atoms with Crippen LogP contribution in [0, 0.1) is 46.3 Å². The highest BCUT2D eigenvalue weighted by Crippen LogP contribution is 2.70. The minimum atomic E-state index is -1.84. The molecular formula is C45H73NO16. The molecular weight excluding hydrogens is 810 g/mol. The number of allylic oxidation sites excluding steroid dienone is 1. The highest BCUT2D eigenvalue weighted by Gasteiger charge is 2.68. The molecule has 3 saturated carbocycles. The van der Waals surface area contributed by atoms with Crippen LogP contribution in [0.5, 0.6) is 0 Å². The molecule has 0 aromatic rings. The molecule has 17 nitrogen and oxygen atoms in total. The molecule has 0 radical (unpaired) electrons. The molecule has 9 rings (SSSR count). The Labute approximate surface area is 364 Å². The zero-order valence-corrected chi connectivity index (χ0v) is 36.7. The van der Waals surface area contributed by atoms with Crippen LogP contribution in [-0.4, -0.2) is 176 Å². The highest BCUT2D eigenvalue weighted by atomic mass is 16.8. The number of hydrogen-bond acceptors (Lipinski definition) is 17. The summed E-state index contributed by atoms with van der Waals surface area (Å²) in [6, 6.07) is 0. The van der Waals surface area contributed by atoms with Crippen molar-refractivity contribution in [1.29, 1.82) is 0 Å². The van der Waals surface area contributed by atoms with Crippen LogP contribution >= 0.6 is 0 Å². The van der Waals surface area contributed by atoms with Gasteiger partial charge in [-0.25, -0.2) is 0 Å². The summed E-state index contributed by atoms with van der Waals surface area (Å²) in [6.07, 6.45) is -11.9. The lowest BCUT2D eigenvalue weighted by atomic mass is 9.47. The molecule has 0 bridgehead atoms. The maximum atomic E-state index is 11.6. The Hall–Kier alpha value is -0.940. The summed E-state index contributed by atoms with van der Waals surface area (Å²) in [5, 5.41) is 99.7. The first-order valence-electron chi connectivity index (χ1n) is 23.5. The number of fused-ring (bicyclic) bond motifs is 7. The van der Waals surface area contributed by atoms with Crippen LogP contribution in [0.2, 0.25) is 0 Å². The number of aliphatic hydroxyl groups is 9. The van der Waals surface area contributed by atoms with E-state index in [2.05, 4.69) is 39.1 Å². The molecule has 354 valence electrons. The first kappa shape index (κ1) is 46.2. The van der Waals surface area contributed by atoms with Gasteiger partial charge in [0.15, 0.2) is 18.9 Å². The van der Waals surface area contributed by atoms with E-state index in [0.717, 1.165) is 38.6 Å². The summed E-state index contributed by atoms with van der Waals surface area (Å²) >= 11 is 0. The summed E-state index contributed by atoms with van der Waals surface area (Å²) in [5.41, 5.74) is 1.32. The molecule has 5 saturated heterocycles. The van der Waals surface area contributed by atoms with Gasteiger partial charge in [-0.2, -0.15) is 0 Å². The number of hydrogen-bond donors (Lipinski definition) is 10. The third-order valence-electron chi connectivity index (χ3n) is 17.9. The predicted octanol–water partition coefficient (Wildman–Crippen LogP) is -0.213. The molecule has 8 fully saturated rings. The molecule has 62 heavy (non-hydrogen) atoms. The van der Waals surface area contributed by atoms with Crippen molar-refractivity contribution in [2.45, 2.75) is 202 Å². The number of rotatable bonds is 8. The Balaban J connectivity index is 0.940. The van der Waals surface area contributed by atoms with E-state index < -0.39 is 111 Å². The van der Waals surface area contributed by atoms with Gasteiger partial charge in [-0.1, -0.05) is 39.3 Å². The smallest absolute Gasteiger partial charge is 0.187 e. The Bertz CT molecular complexity index is 1610. The molecule has 1 unspecified atom stereocenters. The second-order valence-corrected chi connectivity index (χ2v) is 21.2. The van der Waals surface area contributed by atoms with Gasteiger partial charge in [-0.05, 0) is 105 Å². The first-order chi connectivity index (χ1) is 29.4. The van der Waals surface area contributed by atoms with E-state index >= 15 is 0 Å². The van der Waals surface area contributed by atoms with E-state index in [1.807, 2.05) is 0 Å². The molecule has 17 heteroatoms. The van der Waals surface area contributed by atoms with Crippen molar-refractivity contribution in [2.24, 2.45) is 46.3 Å². The Morgan fingerprint density at radius 2 is 1.35 bits per heavy atom. The highest BCUT2D eigenvalue weighted by molar-refractivity contribution is 5.26. The topological polar surface area (TPSA) is 259 Å². The second kappa shape index (κ2) is 17.3. The molecule has 9 aliphatic rings. The lowest BCUT2D eigenvalue weighted by Crippen LogP contribution is -2.67. The third kappa shape index (κ3) is 7.49. The van der Waals surface area contributed by atoms with E-state index in [4.69, 9.17) is 33.2 Å². The van der Waals surface area contributed by atoms with E-state index in [-0.39, 0.29) is 22.7 Å². The first-order valence-corrected chi connectivity index (χ1v) is 23.5. The van der Waals surface area contributed by atoms with Gasteiger partial charge < -0.3 is 79.1 Å². The van der Waals surface area contributed by atoms with Crippen molar-refractivity contribution < 1.29 is 79.1 Å². The fourth-order valence-electron chi connectivity index (χ4n) is 14.2. The van der Waals surface area contributed by atoms with E-state index in [9.17, 15) is 46.0 Å². The Kier molecular flexibility index (Phi) is 12.9. The van der Waals surface area contributed by atoms with Gasteiger partial charge in [0.25, 0.3) is 0 Å². The van der Waals surface area contributed by atoms with Gasteiger partial charge in [-0.15, -0.1) is 0 Å². The fourth-order valence-corrected chi connectivity index (χ4v) is 14.2. The summed E-state index contributed by atoms with van der Waals surface area (Å²) in [7, 11) is 0. The number of piperidine rings is 1. The number of ether oxygens (including phenoxy) is 7. The SMILES string of the molecule is C[C@@H]1CC[C@@]2(NC1)O[C@H]1C[C@H]3[C@@H]4CC=C5C[C@@H](O[C@@H]6O[C@H](CO)[C@H](O)[C@H](O[C@@H]7O[C@H](CO)[C@@H](O)[C@H](O)[C@H]7O)[C@H]6O[C@@H]6O[C@@H](C)[C@H](O)C(O)[C@H]6O)CC[C@]5(C)[C@H]4CC[C@]3(C)[C@H]1[C@@H]2C. The average Bonchev–Trinajstić information content (AvgIpc) is 3.70. The van der Waals surface area contributed by atoms with Crippen LogP contribution in [0.4, 0.5) is 0 Å². The second-order valence-electron chi connectivity index (χ2n) is 21.2. The maximum absolute atomic E-state index is 11.6. The van der Waals surface area contributed by atoms with Crippen molar-refractivity contribution in [1.82, 2.24) is 5.32 Å². The molecule has 26 atom stereocenters. The summed E-state index contributed by atoms with van der Waals surface area (Å²) in [6.45, 7) is 10.8. The van der Waals surface area contributed by atoms with E-state index in [1.165, 1.54) is 25.3 Å². The molecule has 1 spiro atoms. The van der Waals surface area contributed by atoms with Crippen LogP contribution in [0.15, 0.2) is 11.6 Å². The van der Waals surface area contributed by atoms with Gasteiger partial charge in [-0.3, -0.25) is 5.32 Å². The summed E-state index contributed by atoms with van der Waals surface area (Å²) < 4.78 is 43.9. The monoisotopic (exact) mass is 883 g/mol. The lowest BCUT2D eigenvalue weighted by Gasteiger charge is -2.59. The van der Waals surface area contributed by atoms with Crippen molar-refractivity contribution in [3.8, 4) is 0 Å². The van der Waals surface area contributed by atoms with Crippen molar-refractivity contribution in [3.63, 3.8) is 0 Å². The molecule has 0 aromatic carbocycles. The molecule has 5 aliphatic heterocycles. The molecule has 5 heterocycles. The van der Waals surface area contributed by atoms with Crippen LogP contribution in [0.25, 0.3) is 0 Å². The lowest BCUT2D eigenvalue weighted by molar-refractivity contribution is -0.394. The summed E-state index contributed by atoms with van der Waals surface area (Å²) in [4.78, 5) is 0. The van der Waals surface area contributed by atoms with Gasteiger partial charge in [0.1, 0.15) is 72.9 Å². The molecule has 10 N–H and O–H groups in total. The molecule has 4 aliphatic carbocycles. The Morgan fingerprint density at radius 3 is 2.05 bits per heavy atom. The zero-order chi connectivity index (χ0) is 44.2. The van der Waals surface area contributed by atoms with Gasteiger partial charge in [0.05, 0.1) is 31.5 Å². The quantitative estimate of drug-likeness (QED) is 0.142. The zero-order valence-electron chi connectivity index (χ0n) is 36.7. The van der Waals surface area contributed by atoms with Gasteiger partial charge >= 0.3 is 0 Å². The normalized spacial score (nSPS) is 57.6. The van der Waals surface area contributed by atoms with E-state index in [1.54, 1.807) is 0 Å². The van der Waals surface area contributed by atoms with Crippen molar-refractivity contribution >= 4 is 0 Å². The van der Waals surface area contributed by atoms with Crippen LogP contribution in [-0.2, 0) is 33.2 Å². The number of aliphatic hydroxyl groups excluding tert-OH is 9. The fraction of sp³-hybridized carbons (Fsp3) is 0.956. The molecule has 0 aromatic heterocycles. The summed E-state index contributed by atoms with van der Waals surface area (Å²) in [5.74, 6) is 3.32. The van der Waals surface area contributed by atoms with Crippen molar-refractivity contribution in [3.05, 3.63) is 11.6 Å². The van der Waals surface area contributed by atoms with E-state index in [0.29, 0.717) is 48.3 Å². The average molecular weight is 884 g/mol. The number of nitrogens with one attached hydrogen (secondary N) is 1. The maximum Gasteiger partial charge on any atom is 0.187 e. The van der Waals surface area contributed by atoms with Crippen LogP contribution in [0.3, 0.4) is 0 Å². The molecule has 0 amide bonds. The van der Waals surface area contributed by atoms with Crippen LogP contribution in [0.1, 0.15) is 92.4 Å². The minimum absolute atomic E-state index is 0.0361. The predicted molar refractivity (Wildman–Crippen MR) is 216 cm³/mol. The minimum Gasteiger partial charge on any atom is -0.394 e. The largest absolute Gasteiger partial charge is 0.394 e.